The number of amides is 4. The summed E-state index contributed by atoms with van der Waals surface area (Å²) in [6.45, 7) is 5.41. The number of piperidine rings is 1. The van der Waals surface area contributed by atoms with Gasteiger partial charge in [0.05, 0.1) is 0 Å². The Morgan fingerprint density at radius 2 is 1.94 bits per heavy atom. The molecule has 0 aliphatic carbocycles. The van der Waals surface area contributed by atoms with Crippen LogP contribution in [-0.2, 0) is 20.9 Å². The summed E-state index contributed by atoms with van der Waals surface area (Å²) < 4.78 is 0. The highest BCUT2D eigenvalue weighted by molar-refractivity contribution is 6.06. The molecule has 0 bridgehead atoms. The Bertz CT molecular complexity index is 881. The van der Waals surface area contributed by atoms with Crippen molar-refractivity contribution in [3.05, 3.63) is 29.3 Å². The van der Waals surface area contributed by atoms with Gasteiger partial charge in [-0.05, 0) is 37.9 Å². The molecule has 0 spiro atoms. The minimum atomic E-state index is -0.661. The molecule has 3 aliphatic heterocycles. The van der Waals surface area contributed by atoms with E-state index in [1.54, 1.807) is 18.2 Å². The summed E-state index contributed by atoms with van der Waals surface area (Å²) in [4.78, 5) is 52.9. The molecule has 4 rings (SSSR count). The van der Waals surface area contributed by atoms with E-state index in [1.807, 2.05) is 0 Å². The Kier molecular flexibility index (Phi) is 6.62. The van der Waals surface area contributed by atoms with Crippen LogP contribution in [-0.4, -0.2) is 72.2 Å². The highest BCUT2D eigenvalue weighted by Crippen LogP contribution is 2.32. The average molecular weight is 428 g/mol. The average Bonchev–Trinajstić information content (AvgIpc) is 3.09. The standard InChI is InChI=1S/C22H29N5O4/c28-19(6-1-2-11-26-12-9-23-10-13-26)24-17-5-3-4-15-16(17)14-27(22(15)31)18-7-8-20(29)25-21(18)30/h3-5,18,23H,1-2,6-14H2,(H,24,28)(H,25,29,30). The largest absolute Gasteiger partial charge is 0.326 e. The van der Waals surface area contributed by atoms with Gasteiger partial charge in [-0.25, -0.2) is 0 Å². The van der Waals surface area contributed by atoms with Crippen molar-refractivity contribution in [3.8, 4) is 0 Å². The van der Waals surface area contributed by atoms with Gasteiger partial charge in [0.25, 0.3) is 5.91 Å². The van der Waals surface area contributed by atoms with E-state index in [0.717, 1.165) is 51.1 Å². The Morgan fingerprint density at radius 1 is 1.13 bits per heavy atom. The van der Waals surface area contributed by atoms with Crippen LogP contribution in [0.4, 0.5) is 5.69 Å². The highest BCUT2D eigenvalue weighted by atomic mass is 16.2. The van der Waals surface area contributed by atoms with Gasteiger partial charge in [0.15, 0.2) is 0 Å². The van der Waals surface area contributed by atoms with Crippen molar-refractivity contribution >= 4 is 29.3 Å². The first-order chi connectivity index (χ1) is 15.0. The van der Waals surface area contributed by atoms with Crippen LogP contribution in [0.2, 0.25) is 0 Å². The quantitative estimate of drug-likeness (QED) is 0.431. The SMILES string of the molecule is O=C1CCC(N2Cc3c(NC(=O)CCCCN4CCNCC4)cccc3C2=O)C(=O)N1. The van der Waals surface area contributed by atoms with E-state index in [9.17, 15) is 19.2 Å². The van der Waals surface area contributed by atoms with Crippen LogP contribution in [0, 0.1) is 0 Å². The third kappa shape index (κ3) is 4.94. The summed E-state index contributed by atoms with van der Waals surface area (Å²) in [5, 5.41) is 8.58. The van der Waals surface area contributed by atoms with Crippen LogP contribution >= 0.6 is 0 Å². The number of anilines is 1. The van der Waals surface area contributed by atoms with Gasteiger partial charge in [-0.15, -0.1) is 0 Å². The first-order valence-electron chi connectivity index (χ1n) is 11.0. The van der Waals surface area contributed by atoms with Gasteiger partial charge in [-0.1, -0.05) is 6.07 Å². The van der Waals surface area contributed by atoms with Crippen molar-refractivity contribution in [3.63, 3.8) is 0 Å². The van der Waals surface area contributed by atoms with Crippen LogP contribution in [0.1, 0.15) is 48.0 Å². The molecule has 0 saturated carbocycles. The topological polar surface area (TPSA) is 111 Å². The van der Waals surface area contributed by atoms with E-state index in [4.69, 9.17) is 0 Å². The second kappa shape index (κ2) is 9.57. The maximum Gasteiger partial charge on any atom is 0.255 e. The lowest BCUT2D eigenvalue weighted by atomic mass is 10.0. The number of benzene rings is 1. The van der Waals surface area contributed by atoms with Crippen LogP contribution in [0.5, 0.6) is 0 Å². The van der Waals surface area contributed by atoms with Crippen molar-refractivity contribution in [1.29, 1.82) is 0 Å². The fourth-order valence-electron chi connectivity index (χ4n) is 4.47. The summed E-state index contributed by atoms with van der Waals surface area (Å²) in [5.41, 5.74) is 1.85. The molecule has 1 aromatic rings. The molecule has 2 saturated heterocycles. The van der Waals surface area contributed by atoms with Crippen LogP contribution in [0.25, 0.3) is 0 Å². The van der Waals surface area contributed by atoms with E-state index in [1.165, 1.54) is 4.90 Å². The van der Waals surface area contributed by atoms with E-state index >= 15 is 0 Å². The van der Waals surface area contributed by atoms with Gasteiger partial charge in [0.1, 0.15) is 6.04 Å². The molecule has 31 heavy (non-hydrogen) atoms. The van der Waals surface area contributed by atoms with Gasteiger partial charge in [-0.3, -0.25) is 24.5 Å². The number of carbonyl (C=O) groups is 4. The molecule has 2 fully saturated rings. The van der Waals surface area contributed by atoms with Crippen molar-refractivity contribution < 1.29 is 19.2 Å². The number of piperazine rings is 1. The Labute approximate surface area is 181 Å². The van der Waals surface area contributed by atoms with Crippen molar-refractivity contribution in [2.75, 3.05) is 38.0 Å². The number of fused-ring (bicyclic) bond motifs is 1. The number of nitrogens with zero attached hydrogens (tertiary/aromatic N) is 2. The number of imide groups is 1. The van der Waals surface area contributed by atoms with Crippen molar-refractivity contribution in [2.45, 2.75) is 44.7 Å². The zero-order valence-electron chi connectivity index (χ0n) is 17.6. The molecular weight excluding hydrogens is 398 g/mol. The molecule has 0 radical (unpaired) electrons. The van der Waals surface area contributed by atoms with Gasteiger partial charge in [-0.2, -0.15) is 0 Å². The molecule has 0 aromatic heterocycles. The zero-order valence-corrected chi connectivity index (χ0v) is 17.6. The van der Waals surface area contributed by atoms with E-state index in [-0.39, 0.29) is 30.7 Å². The lowest BCUT2D eigenvalue weighted by Crippen LogP contribution is -2.52. The molecule has 1 aromatic carbocycles. The molecule has 9 nitrogen and oxygen atoms in total. The monoisotopic (exact) mass is 427 g/mol. The lowest BCUT2D eigenvalue weighted by molar-refractivity contribution is -0.137. The molecule has 1 unspecified atom stereocenters. The molecule has 3 aliphatic rings. The fourth-order valence-corrected chi connectivity index (χ4v) is 4.47. The van der Waals surface area contributed by atoms with Crippen LogP contribution < -0.4 is 16.0 Å². The first-order valence-corrected chi connectivity index (χ1v) is 11.0. The normalized spacial score (nSPS) is 21.7. The Hall–Kier alpha value is -2.78. The minimum absolute atomic E-state index is 0.0689. The number of unbranched alkanes of at least 4 members (excludes halogenated alkanes) is 1. The van der Waals surface area contributed by atoms with E-state index < -0.39 is 11.9 Å². The molecule has 166 valence electrons. The summed E-state index contributed by atoms with van der Waals surface area (Å²) in [7, 11) is 0. The molecule has 3 heterocycles. The van der Waals surface area contributed by atoms with Crippen molar-refractivity contribution in [2.24, 2.45) is 0 Å². The number of carbonyl (C=O) groups excluding carboxylic acids is 4. The smallest absolute Gasteiger partial charge is 0.255 e. The first kappa shape index (κ1) is 21.5. The van der Waals surface area contributed by atoms with Crippen molar-refractivity contribution in [1.82, 2.24) is 20.4 Å². The molecule has 4 amide bonds. The summed E-state index contributed by atoms with van der Waals surface area (Å²) >= 11 is 0. The predicted octanol–water partition coefficient (Wildman–Crippen LogP) is 0.462. The Balaban J connectivity index is 1.32. The maximum absolute atomic E-state index is 12.9. The maximum atomic E-state index is 12.9. The van der Waals surface area contributed by atoms with E-state index in [0.29, 0.717) is 24.1 Å². The zero-order chi connectivity index (χ0) is 21.8. The molecule has 3 N–H and O–H groups in total. The number of hydrogen-bond acceptors (Lipinski definition) is 6. The molecular formula is C22H29N5O4. The number of hydrogen-bond donors (Lipinski definition) is 3. The summed E-state index contributed by atoms with van der Waals surface area (Å²) in [6, 6.07) is 4.59. The predicted molar refractivity (Wildman–Crippen MR) is 114 cm³/mol. The van der Waals surface area contributed by atoms with Gasteiger partial charge in [0.2, 0.25) is 17.7 Å². The van der Waals surface area contributed by atoms with Gasteiger partial charge in [0, 0.05) is 62.4 Å². The number of nitrogens with one attached hydrogen (secondary N) is 3. The Morgan fingerprint density at radius 3 is 2.71 bits per heavy atom. The van der Waals surface area contributed by atoms with Crippen LogP contribution in [0.15, 0.2) is 18.2 Å². The second-order valence-electron chi connectivity index (χ2n) is 8.33. The third-order valence-corrected chi connectivity index (χ3v) is 6.19. The second-order valence-corrected chi connectivity index (χ2v) is 8.33. The van der Waals surface area contributed by atoms with Crippen LogP contribution in [0.3, 0.4) is 0 Å². The third-order valence-electron chi connectivity index (χ3n) is 6.19. The van der Waals surface area contributed by atoms with Gasteiger partial charge < -0.3 is 20.4 Å². The lowest BCUT2D eigenvalue weighted by Gasteiger charge is -2.29. The minimum Gasteiger partial charge on any atom is -0.326 e. The molecule has 9 heteroatoms. The molecule has 1 atom stereocenters. The highest BCUT2D eigenvalue weighted by Gasteiger charge is 2.39. The summed E-state index contributed by atoms with van der Waals surface area (Å²) in [5.74, 6) is -1.06. The fraction of sp³-hybridized carbons (Fsp3) is 0.545. The van der Waals surface area contributed by atoms with E-state index in [2.05, 4.69) is 20.9 Å². The number of rotatable bonds is 7. The summed E-state index contributed by atoms with van der Waals surface area (Å²) in [6.07, 6.45) is 2.75. The van der Waals surface area contributed by atoms with Gasteiger partial charge >= 0.3 is 0 Å².